The SMILES string of the molecule is COc1cccc(-c2coc3c(C)c(OC)c(/C(C)=C/C(=O)NCCCOC(C)C)cc23)c1. The van der Waals surface area contributed by atoms with Gasteiger partial charge in [0.2, 0.25) is 5.91 Å². The van der Waals surface area contributed by atoms with Crippen LogP contribution in [-0.2, 0) is 9.53 Å². The number of aryl methyl sites for hydroxylation is 1. The lowest BCUT2D eigenvalue weighted by Gasteiger charge is -2.13. The Morgan fingerprint density at radius 2 is 1.97 bits per heavy atom. The Morgan fingerprint density at radius 1 is 1.18 bits per heavy atom. The molecule has 0 aliphatic carbocycles. The van der Waals surface area contributed by atoms with E-state index in [1.807, 2.05) is 58.0 Å². The fraction of sp³-hybridized carbons (Fsp3) is 0.370. The summed E-state index contributed by atoms with van der Waals surface area (Å²) in [7, 11) is 3.28. The lowest BCUT2D eigenvalue weighted by molar-refractivity contribution is -0.116. The number of hydrogen-bond donors (Lipinski definition) is 1. The minimum absolute atomic E-state index is 0.142. The maximum absolute atomic E-state index is 12.5. The number of ether oxygens (including phenoxy) is 3. The van der Waals surface area contributed by atoms with Gasteiger partial charge in [0.25, 0.3) is 0 Å². The molecule has 1 amide bonds. The summed E-state index contributed by atoms with van der Waals surface area (Å²) in [5, 5.41) is 3.88. The van der Waals surface area contributed by atoms with Crippen LogP contribution in [0.25, 0.3) is 27.7 Å². The number of hydrogen-bond acceptors (Lipinski definition) is 5. The molecular formula is C27H33NO5. The Bertz CT molecular complexity index is 1140. The van der Waals surface area contributed by atoms with Gasteiger partial charge in [0.15, 0.2) is 0 Å². The van der Waals surface area contributed by atoms with E-state index in [1.165, 1.54) is 0 Å². The number of rotatable bonds is 10. The molecule has 0 spiro atoms. The number of amides is 1. The lowest BCUT2D eigenvalue weighted by atomic mass is 9.96. The van der Waals surface area contributed by atoms with Crippen LogP contribution in [0.5, 0.6) is 11.5 Å². The van der Waals surface area contributed by atoms with Crippen molar-refractivity contribution < 1.29 is 23.4 Å². The van der Waals surface area contributed by atoms with Crippen LogP contribution in [0.4, 0.5) is 0 Å². The Hall–Kier alpha value is -3.25. The van der Waals surface area contributed by atoms with Gasteiger partial charge >= 0.3 is 0 Å². The Kier molecular flexibility index (Phi) is 8.17. The molecule has 1 heterocycles. The number of carbonyl (C=O) groups excluding carboxylic acids is 1. The quantitative estimate of drug-likeness (QED) is 0.313. The first kappa shape index (κ1) is 24.4. The average molecular weight is 452 g/mol. The van der Waals surface area contributed by atoms with Gasteiger partial charge in [-0.2, -0.15) is 0 Å². The lowest BCUT2D eigenvalue weighted by Crippen LogP contribution is -2.23. The fourth-order valence-corrected chi connectivity index (χ4v) is 3.81. The molecule has 0 aliphatic rings. The van der Waals surface area contributed by atoms with Crippen molar-refractivity contribution in [2.75, 3.05) is 27.4 Å². The minimum atomic E-state index is -0.142. The molecule has 33 heavy (non-hydrogen) atoms. The van der Waals surface area contributed by atoms with Crippen LogP contribution < -0.4 is 14.8 Å². The van der Waals surface area contributed by atoms with Crippen LogP contribution in [0.2, 0.25) is 0 Å². The summed E-state index contributed by atoms with van der Waals surface area (Å²) >= 11 is 0. The topological polar surface area (TPSA) is 69.9 Å². The fourth-order valence-electron chi connectivity index (χ4n) is 3.81. The second-order valence-electron chi connectivity index (χ2n) is 8.23. The van der Waals surface area contributed by atoms with E-state index in [1.54, 1.807) is 26.6 Å². The van der Waals surface area contributed by atoms with Crippen molar-refractivity contribution in [3.05, 3.63) is 53.8 Å². The highest BCUT2D eigenvalue weighted by molar-refractivity contribution is 6.01. The number of methoxy groups -OCH3 is 2. The third-order valence-corrected chi connectivity index (χ3v) is 5.47. The average Bonchev–Trinajstić information content (AvgIpc) is 3.23. The second-order valence-corrected chi connectivity index (χ2v) is 8.23. The molecule has 0 unspecified atom stereocenters. The largest absolute Gasteiger partial charge is 0.497 e. The van der Waals surface area contributed by atoms with Crippen molar-refractivity contribution in [3.63, 3.8) is 0 Å². The molecule has 3 aromatic rings. The van der Waals surface area contributed by atoms with E-state index in [4.69, 9.17) is 18.6 Å². The molecule has 0 aliphatic heterocycles. The summed E-state index contributed by atoms with van der Waals surface area (Å²) in [5.41, 5.74) is 5.26. The van der Waals surface area contributed by atoms with Crippen LogP contribution in [-0.4, -0.2) is 39.4 Å². The highest BCUT2D eigenvalue weighted by Crippen LogP contribution is 2.41. The zero-order valence-electron chi connectivity index (χ0n) is 20.3. The predicted molar refractivity (Wildman–Crippen MR) is 132 cm³/mol. The molecule has 0 saturated carbocycles. The predicted octanol–water partition coefficient (Wildman–Crippen LogP) is 5.76. The van der Waals surface area contributed by atoms with E-state index in [-0.39, 0.29) is 12.0 Å². The van der Waals surface area contributed by atoms with Gasteiger partial charge in [-0.15, -0.1) is 0 Å². The molecule has 0 saturated heterocycles. The summed E-state index contributed by atoms with van der Waals surface area (Å²) in [6.45, 7) is 9.05. The van der Waals surface area contributed by atoms with Gasteiger partial charge in [-0.1, -0.05) is 12.1 Å². The highest BCUT2D eigenvalue weighted by Gasteiger charge is 2.19. The monoisotopic (exact) mass is 451 g/mol. The number of fused-ring (bicyclic) bond motifs is 1. The first-order valence-electron chi connectivity index (χ1n) is 11.2. The van der Waals surface area contributed by atoms with Crippen molar-refractivity contribution in [2.45, 2.75) is 40.2 Å². The molecule has 1 N–H and O–H groups in total. The third kappa shape index (κ3) is 5.76. The number of carbonyl (C=O) groups is 1. The van der Waals surface area contributed by atoms with Gasteiger partial charge in [0, 0.05) is 41.3 Å². The van der Waals surface area contributed by atoms with Crippen molar-refractivity contribution in [2.24, 2.45) is 0 Å². The molecule has 0 bridgehead atoms. The van der Waals surface area contributed by atoms with Crippen LogP contribution in [0.15, 0.2) is 47.1 Å². The Morgan fingerprint density at radius 3 is 2.67 bits per heavy atom. The summed E-state index contributed by atoms with van der Waals surface area (Å²) in [6, 6.07) is 9.88. The van der Waals surface area contributed by atoms with Gasteiger partial charge < -0.3 is 23.9 Å². The Labute approximate surface area is 195 Å². The van der Waals surface area contributed by atoms with E-state index in [0.29, 0.717) is 18.9 Å². The van der Waals surface area contributed by atoms with E-state index in [9.17, 15) is 4.79 Å². The van der Waals surface area contributed by atoms with Gasteiger partial charge in [0.1, 0.15) is 17.1 Å². The zero-order chi connectivity index (χ0) is 24.0. The minimum Gasteiger partial charge on any atom is -0.497 e. The van der Waals surface area contributed by atoms with Gasteiger partial charge in [0.05, 0.1) is 26.6 Å². The molecule has 3 rings (SSSR count). The summed E-state index contributed by atoms with van der Waals surface area (Å²) < 4.78 is 22.5. The van der Waals surface area contributed by atoms with E-state index in [2.05, 4.69) is 5.32 Å². The Balaban J connectivity index is 1.91. The smallest absolute Gasteiger partial charge is 0.244 e. The van der Waals surface area contributed by atoms with Gasteiger partial charge in [-0.3, -0.25) is 4.79 Å². The first-order chi connectivity index (χ1) is 15.8. The maximum Gasteiger partial charge on any atom is 0.244 e. The van der Waals surface area contributed by atoms with Gasteiger partial charge in [-0.25, -0.2) is 0 Å². The van der Waals surface area contributed by atoms with Crippen LogP contribution in [0.1, 0.15) is 38.3 Å². The molecule has 1 aromatic heterocycles. The molecule has 2 aromatic carbocycles. The summed E-state index contributed by atoms with van der Waals surface area (Å²) in [5.74, 6) is 1.33. The molecule has 0 atom stereocenters. The van der Waals surface area contributed by atoms with Crippen molar-refractivity contribution >= 4 is 22.4 Å². The number of furan rings is 1. The number of allylic oxidation sites excluding steroid dienone is 1. The number of nitrogens with one attached hydrogen (secondary N) is 1. The second kappa shape index (κ2) is 11.1. The van der Waals surface area contributed by atoms with Crippen molar-refractivity contribution in [1.82, 2.24) is 5.32 Å². The van der Waals surface area contributed by atoms with Crippen molar-refractivity contribution in [3.8, 4) is 22.6 Å². The molecule has 6 heteroatoms. The zero-order valence-corrected chi connectivity index (χ0v) is 20.3. The molecular weight excluding hydrogens is 418 g/mol. The van der Waals surface area contributed by atoms with E-state index in [0.717, 1.165) is 51.0 Å². The normalized spacial score (nSPS) is 11.8. The summed E-state index contributed by atoms with van der Waals surface area (Å²) in [4.78, 5) is 12.5. The molecule has 0 radical (unpaired) electrons. The van der Waals surface area contributed by atoms with Crippen LogP contribution >= 0.6 is 0 Å². The van der Waals surface area contributed by atoms with Crippen LogP contribution in [0, 0.1) is 6.92 Å². The maximum atomic E-state index is 12.5. The highest BCUT2D eigenvalue weighted by atomic mass is 16.5. The van der Waals surface area contributed by atoms with E-state index >= 15 is 0 Å². The van der Waals surface area contributed by atoms with E-state index < -0.39 is 0 Å². The first-order valence-corrected chi connectivity index (χ1v) is 11.2. The van der Waals surface area contributed by atoms with Crippen LogP contribution in [0.3, 0.4) is 0 Å². The third-order valence-electron chi connectivity index (χ3n) is 5.47. The summed E-state index contributed by atoms with van der Waals surface area (Å²) in [6.07, 6.45) is 4.32. The molecule has 6 nitrogen and oxygen atoms in total. The van der Waals surface area contributed by atoms with Crippen molar-refractivity contribution in [1.29, 1.82) is 0 Å². The number of benzene rings is 2. The molecule has 0 fully saturated rings. The molecule has 176 valence electrons. The van der Waals surface area contributed by atoms with Gasteiger partial charge in [-0.05, 0) is 63.5 Å². The standard InChI is InChI=1S/C27H33NO5/c1-17(2)32-12-8-11-28-25(29)13-18(3)22-15-23-24(20-9-7-10-21(14-20)30-5)16-33-27(23)19(4)26(22)31-6/h7,9-10,13-17H,8,11-12H2,1-6H3,(H,28,29)/b18-13+.